The molecular weight excluding hydrogens is 451 g/mol. The van der Waals surface area contributed by atoms with Crippen LogP contribution in [0.25, 0.3) is 0 Å². The number of thiocarbonyl (C=S) groups is 1. The summed E-state index contributed by atoms with van der Waals surface area (Å²) in [5.41, 5.74) is 2.48. The molecule has 4 rings (SSSR count). The zero-order valence-electron chi connectivity index (χ0n) is 17.5. The molecule has 0 unspecified atom stereocenters. The molecule has 32 heavy (non-hydrogen) atoms. The van der Waals surface area contributed by atoms with Gasteiger partial charge in [0.1, 0.15) is 10.8 Å². The molecule has 0 bridgehead atoms. The Morgan fingerprint density at radius 1 is 1.19 bits per heavy atom. The number of ether oxygens (including phenoxy) is 3. The number of benzene rings is 2. The largest absolute Gasteiger partial charge is 0.462 e. The highest BCUT2D eigenvalue weighted by atomic mass is 32.1. The highest BCUT2D eigenvalue weighted by molar-refractivity contribution is 7.80. The summed E-state index contributed by atoms with van der Waals surface area (Å²) in [6.07, 6.45) is 0.502. The van der Waals surface area contributed by atoms with Crippen molar-refractivity contribution in [3.8, 4) is 11.5 Å². The number of esters is 1. The fourth-order valence-corrected chi connectivity index (χ4v) is 4.72. The summed E-state index contributed by atoms with van der Waals surface area (Å²) < 4.78 is 30.1. The Hall–Kier alpha value is -3.17. The zero-order chi connectivity index (χ0) is 22.7. The first-order chi connectivity index (χ1) is 15.5. The summed E-state index contributed by atoms with van der Waals surface area (Å²) in [6.45, 7) is 4.14. The molecule has 2 N–H and O–H groups in total. The van der Waals surface area contributed by atoms with Gasteiger partial charge in [0, 0.05) is 4.88 Å². The molecule has 6 nitrogen and oxygen atoms in total. The molecule has 0 fully saturated rings. The Morgan fingerprint density at radius 2 is 1.97 bits per heavy atom. The van der Waals surface area contributed by atoms with Crippen molar-refractivity contribution >= 4 is 45.3 Å². The van der Waals surface area contributed by atoms with Gasteiger partial charge in [0.05, 0.1) is 17.9 Å². The molecule has 166 valence electrons. The van der Waals surface area contributed by atoms with Gasteiger partial charge in [-0.3, -0.25) is 0 Å². The molecule has 0 saturated heterocycles. The molecule has 0 atom stereocenters. The van der Waals surface area contributed by atoms with Crippen LogP contribution in [0.15, 0.2) is 42.5 Å². The molecule has 0 saturated carbocycles. The van der Waals surface area contributed by atoms with Crippen molar-refractivity contribution in [3.05, 3.63) is 69.8 Å². The van der Waals surface area contributed by atoms with Gasteiger partial charge in [-0.05, 0) is 67.9 Å². The lowest BCUT2D eigenvalue weighted by Crippen LogP contribution is -2.21. The van der Waals surface area contributed by atoms with Crippen molar-refractivity contribution in [2.24, 2.45) is 0 Å². The molecular formula is C23H21FN2O4S2. The predicted molar refractivity (Wildman–Crippen MR) is 127 cm³/mol. The number of thiophene rings is 1. The van der Waals surface area contributed by atoms with Crippen LogP contribution in [0.4, 0.5) is 15.1 Å². The van der Waals surface area contributed by atoms with Crippen LogP contribution in [-0.4, -0.2) is 24.5 Å². The minimum Gasteiger partial charge on any atom is -0.462 e. The van der Waals surface area contributed by atoms with Gasteiger partial charge in [0.2, 0.25) is 6.79 Å². The number of para-hydroxylation sites is 1. The minimum atomic E-state index is -0.441. The fourth-order valence-electron chi connectivity index (χ4n) is 3.37. The molecule has 9 heteroatoms. The van der Waals surface area contributed by atoms with E-state index in [0.29, 0.717) is 28.5 Å². The highest BCUT2D eigenvalue weighted by Crippen LogP contribution is 2.38. The van der Waals surface area contributed by atoms with E-state index in [0.717, 1.165) is 16.0 Å². The van der Waals surface area contributed by atoms with Gasteiger partial charge in [-0.25, -0.2) is 9.18 Å². The summed E-state index contributed by atoms with van der Waals surface area (Å²) in [5, 5.41) is 6.60. The number of hydrogen-bond acceptors (Lipinski definition) is 6. The number of nitrogens with one attached hydrogen (secondary N) is 2. The van der Waals surface area contributed by atoms with E-state index in [9.17, 15) is 9.18 Å². The van der Waals surface area contributed by atoms with Crippen LogP contribution in [0.2, 0.25) is 0 Å². The minimum absolute atomic E-state index is 0.177. The number of carbonyl (C=O) groups is 1. The maximum Gasteiger partial charge on any atom is 0.341 e. The van der Waals surface area contributed by atoms with Crippen molar-refractivity contribution in [1.82, 2.24) is 0 Å². The number of aryl methyl sites for hydroxylation is 1. The Bertz CT molecular complexity index is 1180. The molecule has 0 radical (unpaired) electrons. The molecule has 2 aromatic carbocycles. The van der Waals surface area contributed by atoms with E-state index in [-0.39, 0.29) is 24.2 Å². The van der Waals surface area contributed by atoms with Gasteiger partial charge in [-0.1, -0.05) is 18.2 Å². The van der Waals surface area contributed by atoms with Crippen LogP contribution in [0, 0.1) is 12.7 Å². The van der Waals surface area contributed by atoms with Gasteiger partial charge < -0.3 is 24.8 Å². The molecule has 0 amide bonds. The molecule has 1 aromatic heterocycles. The van der Waals surface area contributed by atoms with Crippen LogP contribution >= 0.6 is 23.6 Å². The maximum atomic E-state index is 14.0. The molecule has 0 spiro atoms. The monoisotopic (exact) mass is 472 g/mol. The number of carbonyl (C=O) groups excluding carboxylic acids is 1. The first kappa shape index (κ1) is 22.0. The summed E-state index contributed by atoms with van der Waals surface area (Å²) in [7, 11) is 0. The van der Waals surface area contributed by atoms with Crippen LogP contribution in [0.1, 0.15) is 33.3 Å². The number of anilines is 2. The average Bonchev–Trinajstić information content (AvgIpc) is 3.34. The number of rotatable bonds is 6. The second kappa shape index (κ2) is 9.54. The van der Waals surface area contributed by atoms with E-state index in [1.807, 2.05) is 25.1 Å². The standard InChI is InChI=1S/C23H21FN2O4S2/c1-3-28-22(27)20-15(10-14-8-9-18-19(11-14)30-12-29-18)13(2)32-21(20)26-23(31)25-17-7-5-4-6-16(17)24/h4-9,11H,3,10,12H2,1-2H3,(H2,25,26,31). The molecule has 1 aliphatic rings. The van der Waals surface area contributed by atoms with E-state index >= 15 is 0 Å². The van der Waals surface area contributed by atoms with Gasteiger partial charge in [0.25, 0.3) is 0 Å². The third kappa shape index (κ3) is 4.68. The van der Waals surface area contributed by atoms with Crippen molar-refractivity contribution in [3.63, 3.8) is 0 Å². The summed E-state index contributed by atoms with van der Waals surface area (Å²) in [4.78, 5) is 13.8. The highest BCUT2D eigenvalue weighted by Gasteiger charge is 2.25. The Labute approximate surface area is 194 Å². The first-order valence-electron chi connectivity index (χ1n) is 9.96. The van der Waals surface area contributed by atoms with Gasteiger partial charge in [-0.2, -0.15) is 0 Å². The van der Waals surface area contributed by atoms with Crippen molar-refractivity contribution in [2.75, 3.05) is 24.0 Å². The van der Waals surface area contributed by atoms with Crippen LogP contribution in [0.3, 0.4) is 0 Å². The number of halogens is 1. The Kier molecular flexibility index (Phi) is 6.57. The average molecular weight is 473 g/mol. The maximum absolute atomic E-state index is 14.0. The smallest absolute Gasteiger partial charge is 0.341 e. The topological polar surface area (TPSA) is 68.8 Å². The summed E-state index contributed by atoms with van der Waals surface area (Å²) in [6, 6.07) is 11.9. The second-order valence-electron chi connectivity index (χ2n) is 6.98. The van der Waals surface area contributed by atoms with E-state index in [4.69, 9.17) is 26.4 Å². The fraction of sp³-hybridized carbons (Fsp3) is 0.217. The molecule has 1 aliphatic heterocycles. The number of hydrogen-bond donors (Lipinski definition) is 2. The van der Waals surface area contributed by atoms with Gasteiger partial charge >= 0.3 is 5.97 Å². The molecule has 2 heterocycles. The third-order valence-electron chi connectivity index (χ3n) is 4.86. The van der Waals surface area contributed by atoms with Crippen molar-refractivity contribution in [1.29, 1.82) is 0 Å². The lowest BCUT2D eigenvalue weighted by atomic mass is 10.0. The Balaban J connectivity index is 1.62. The molecule has 0 aliphatic carbocycles. The van der Waals surface area contributed by atoms with Gasteiger partial charge in [-0.15, -0.1) is 11.3 Å². The van der Waals surface area contributed by atoms with Crippen LogP contribution in [0.5, 0.6) is 11.5 Å². The van der Waals surface area contributed by atoms with E-state index in [2.05, 4.69) is 10.6 Å². The van der Waals surface area contributed by atoms with E-state index in [1.165, 1.54) is 17.4 Å². The predicted octanol–water partition coefficient (Wildman–Crippen LogP) is 5.50. The third-order valence-corrected chi connectivity index (χ3v) is 6.12. The molecule has 3 aromatic rings. The lowest BCUT2D eigenvalue weighted by molar-refractivity contribution is 0.0527. The zero-order valence-corrected chi connectivity index (χ0v) is 19.1. The SMILES string of the molecule is CCOC(=O)c1c(NC(=S)Nc2ccccc2F)sc(C)c1Cc1ccc2c(c1)OCO2. The summed E-state index contributed by atoms with van der Waals surface area (Å²) in [5.74, 6) is 0.520. The van der Waals surface area contributed by atoms with E-state index in [1.54, 1.807) is 25.1 Å². The van der Waals surface area contributed by atoms with Crippen molar-refractivity contribution in [2.45, 2.75) is 20.3 Å². The Morgan fingerprint density at radius 3 is 2.75 bits per heavy atom. The number of fused-ring (bicyclic) bond motifs is 1. The normalized spacial score (nSPS) is 11.8. The van der Waals surface area contributed by atoms with Crippen molar-refractivity contribution < 1.29 is 23.4 Å². The van der Waals surface area contributed by atoms with Crippen LogP contribution in [-0.2, 0) is 11.2 Å². The van der Waals surface area contributed by atoms with E-state index < -0.39 is 11.8 Å². The summed E-state index contributed by atoms with van der Waals surface area (Å²) >= 11 is 6.75. The quantitative estimate of drug-likeness (QED) is 0.363. The van der Waals surface area contributed by atoms with Crippen LogP contribution < -0.4 is 20.1 Å². The van der Waals surface area contributed by atoms with Gasteiger partial charge in [0.15, 0.2) is 16.6 Å². The first-order valence-corrected chi connectivity index (χ1v) is 11.2. The second-order valence-corrected chi connectivity index (χ2v) is 8.62. The lowest BCUT2D eigenvalue weighted by Gasteiger charge is -2.12.